The van der Waals surface area contributed by atoms with Gasteiger partial charge in [0.05, 0.1) is 0 Å². The molecule has 19 heavy (non-hydrogen) atoms. The first kappa shape index (κ1) is 12.2. The molecule has 0 spiro atoms. The van der Waals surface area contributed by atoms with E-state index in [0.717, 1.165) is 18.4 Å². The Morgan fingerprint density at radius 1 is 1.37 bits per heavy atom. The number of nitrogens with one attached hydrogen (secondary N) is 1. The molecular formula is C15H19N3O. The molecule has 2 atom stereocenters. The number of fused-ring (bicyclic) bond motifs is 4. The Balaban J connectivity index is 2.27. The second-order valence-electron chi connectivity index (χ2n) is 5.68. The molecular weight excluding hydrogens is 238 g/mol. The second-order valence-corrected chi connectivity index (χ2v) is 5.68. The number of hydrogen-bond donors (Lipinski definition) is 1. The normalized spacial score (nSPS) is 30.2. The first-order valence-electron chi connectivity index (χ1n) is 6.72. The van der Waals surface area contributed by atoms with Gasteiger partial charge in [0.2, 0.25) is 0 Å². The van der Waals surface area contributed by atoms with Gasteiger partial charge in [0.1, 0.15) is 11.4 Å². The number of rotatable bonds is 0. The summed E-state index contributed by atoms with van der Waals surface area (Å²) in [5.74, 6) is 0.402. The highest BCUT2D eigenvalue weighted by Crippen LogP contribution is 2.41. The van der Waals surface area contributed by atoms with Crippen LogP contribution in [0.2, 0.25) is 0 Å². The second kappa shape index (κ2) is 3.83. The molecule has 3 rings (SSSR count). The fraction of sp³-hybridized carbons (Fsp3) is 0.467. The molecule has 1 aromatic rings. The van der Waals surface area contributed by atoms with Crippen molar-refractivity contribution in [3.63, 3.8) is 0 Å². The molecule has 0 aliphatic carbocycles. The van der Waals surface area contributed by atoms with Gasteiger partial charge < -0.3 is 4.90 Å². The predicted molar refractivity (Wildman–Crippen MR) is 74.3 cm³/mol. The van der Waals surface area contributed by atoms with Gasteiger partial charge in [0.15, 0.2) is 0 Å². The topological polar surface area (TPSA) is 47.4 Å². The summed E-state index contributed by atoms with van der Waals surface area (Å²) < 4.78 is 0. The first-order chi connectivity index (χ1) is 8.98. The van der Waals surface area contributed by atoms with Crippen molar-refractivity contribution in [3.05, 3.63) is 35.4 Å². The van der Waals surface area contributed by atoms with Crippen LogP contribution in [0.4, 0.5) is 4.79 Å². The summed E-state index contributed by atoms with van der Waals surface area (Å²) in [5.41, 5.74) is 1.70. The third-order valence-electron chi connectivity index (χ3n) is 4.68. The Labute approximate surface area is 113 Å². The summed E-state index contributed by atoms with van der Waals surface area (Å²) in [5, 5.41) is 8.48. The van der Waals surface area contributed by atoms with Crippen LogP contribution >= 0.6 is 0 Å². The number of carbonyl (C=O) groups is 1. The van der Waals surface area contributed by atoms with Gasteiger partial charge in [0.25, 0.3) is 0 Å². The van der Waals surface area contributed by atoms with Gasteiger partial charge in [-0.3, -0.25) is 10.3 Å². The van der Waals surface area contributed by atoms with Crippen LogP contribution in [-0.2, 0) is 12.0 Å². The summed E-state index contributed by atoms with van der Waals surface area (Å²) in [6.07, 6.45) is 1.85. The number of benzene rings is 1. The lowest BCUT2D eigenvalue weighted by Gasteiger charge is -2.34. The minimum atomic E-state index is -0.637. The van der Waals surface area contributed by atoms with Gasteiger partial charge in [-0.25, -0.2) is 4.79 Å². The SMILES string of the molecule is C[C@@H]1CCc2ccccc2[C@@]2(C)C(=N)N1C(=O)N2C. The highest BCUT2D eigenvalue weighted by atomic mass is 16.2. The van der Waals surface area contributed by atoms with Crippen molar-refractivity contribution in [2.75, 3.05) is 7.05 Å². The Hall–Kier alpha value is -1.84. The number of amides is 2. The number of urea groups is 1. The monoisotopic (exact) mass is 257 g/mol. The van der Waals surface area contributed by atoms with E-state index in [0.29, 0.717) is 5.84 Å². The van der Waals surface area contributed by atoms with Crippen LogP contribution in [0.3, 0.4) is 0 Å². The van der Waals surface area contributed by atoms with Gasteiger partial charge in [-0.05, 0) is 37.8 Å². The Morgan fingerprint density at radius 2 is 2.05 bits per heavy atom. The molecule has 0 aromatic heterocycles. The van der Waals surface area contributed by atoms with E-state index in [1.165, 1.54) is 5.56 Å². The van der Waals surface area contributed by atoms with Crippen molar-refractivity contribution in [2.45, 2.75) is 38.3 Å². The fourth-order valence-electron chi connectivity index (χ4n) is 3.27. The maximum absolute atomic E-state index is 12.4. The lowest BCUT2D eigenvalue weighted by atomic mass is 9.83. The lowest BCUT2D eigenvalue weighted by Crippen LogP contribution is -2.44. The van der Waals surface area contributed by atoms with Crippen molar-refractivity contribution >= 4 is 11.9 Å². The summed E-state index contributed by atoms with van der Waals surface area (Å²) >= 11 is 0. The Morgan fingerprint density at radius 3 is 2.79 bits per heavy atom. The van der Waals surface area contributed by atoms with E-state index in [4.69, 9.17) is 5.41 Å². The maximum Gasteiger partial charge on any atom is 0.326 e. The zero-order valence-corrected chi connectivity index (χ0v) is 11.6. The molecule has 0 radical (unpaired) electrons. The van der Waals surface area contributed by atoms with Crippen LogP contribution in [0.15, 0.2) is 24.3 Å². The number of amidine groups is 1. The summed E-state index contributed by atoms with van der Waals surface area (Å²) in [6.45, 7) is 4.00. The molecule has 2 amide bonds. The smallest absolute Gasteiger partial charge is 0.311 e. The van der Waals surface area contributed by atoms with Crippen molar-refractivity contribution in [1.29, 1.82) is 5.41 Å². The summed E-state index contributed by atoms with van der Waals surface area (Å²) in [6, 6.07) is 8.21. The van der Waals surface area contributed by atoms with Crippen LogP contribution in [0.5, 0.6) is 0 Å². The third-order valence-corrected chi connectivity index (χ3v) is 4.68. The minimum Gasteiger partial charge on any atom is -0.311 e. The zero-order valence-electron chi connectivity index (χ0n) is 11.6. The van der Waals surface area contributed by atoms with Crippen molar-refractivity contribution < 1.29 is 4.79 Å². The Kier molecular flexibility index (Phi) is 2.46. The van der Waals surface area contributed by atoms with Crippen LogP contribution in [0, 0.1) is 5.41 Å². The van der Waals surface area contributed by atoms with E-state index in [1.807, 2.05) is 32.0 Å². The quantitative estimate of drug-likeness (QED) is 0.763. The molecule has 1 aromatic carbocycles. The van der Waals surface area contributed by atoms with Gasteiger partial charge in [-0.2, -0.15) is 0 Å². The van der Waals surface area contributed by atoms with Crippen molar-refractivity contribution in [1.82, 2.24) is 9.80 Å². The van der Waals surface area contributed by atoms with Crippen LogP contribution < -0.4 is 0 Å². The van der Waals surface area contributed by atoms with Crippen LogP contribution in [0.25, 0.3) is 0 Å². The maximum atomic E-state index is 12.4. The lowest BCUT2D eigenvalue weighted by molar-refractivity contribution is 0.178. The first-order valence-corrected chi connectivity index (χ1v) is 6.72. The number of aryl methyl sites for hydroxylation is 1. The average Bonchev–Trinajstić information content (AvgIpc) is 2.59. The molecule has 2 aliphatic rings. The van der Waals surface area contributed by atoms with Crippen molar-refractivity contribution in [2.24, 2.45) is 0 Å². The average molecular weight is 257 g/mol. The van der Waals surface area contributed by atoms with E-state index >= 15 is 0 Å². The molecule has 1 saturated heterocycles. The predicted octanol–water partition coefficient (Wildman–Crippen LogP) is 2.58. The van der Waals surface area contributed by atoms with Gasteiger partial charge >= 0.3 is 6.03 Å². The number of carbonyl (C=O) groups excluding carboxylic acids is 1. The molecule has 2 bridgehead atoms. The standard InChI is InChI=1S/C15H19N3O/c1-10-8-9-11-6-4-5-7-12(11)15(2)13(16)18(10)14(19)17(15)3/h4-7,10,16H,8-9H2,1-3H3/t10-,15+/m1/s1. The van der Waals surface area contributed by atoms with Gasteiger partial charge in [-0.15, -0.1) is 0 Å². The zero-order chi connectivity index (χ0) is 13.8. The van der Waals surface area contributed by atoms with Crippen LogP contribution in [0.1, 0.15) is 31.4 Å². The fourth-order valence-corrected chi connectivity index (χ4v) is 3.27. The van der Waals surface area contributed by atoms with Crippen LogP contribution in [-0.4, -0.2) is 34.8 Å². The molecule has 4 nitrogen and oxygen atoms in total. The molecule has 0 saturated carbocycles. The molecule has 2 heterocycles. The van der Waals surface area contributed by atoms with Gasteiger partial charge in [-0.1, -0.05) is 24.3 Å². The molecule has 0 unspecified atom stereocenters. The van der Waals surface area contributed by atoms with Gasteiger partial charge in [0, 0.05) is 13.1 Å². The molecule has 4 heteroatoms. The molecule has 1 N–H and O–H groups in total. The largest absolute Gasteiger partial charge is 0.326 e. The van der Waals surface area contributed by atoms with E-state index in [9.17, 15) is 4.79 Å². The summed E-state index contributed by atoms with van der Waals surface area (Å²) in [4.78, 5) is 15.8. The van der Waals surface area contributed by atoms with Crippen molar-refractivity contribution in [3.8, 4) is 0 Å². The minimum absolute atomic E-state index is 0.0586. The molecule has 2 aliphatic heterocycles. The molecule has 100 valence electrons. The van der Waals surface area contributed by atoms with E-state index in [1.54, 1.807) is 16.8 Å². The van der Waals surface area contributed by atoms with E-state index < -0.39 is 5.54 Å². The van der Waals surface area contributed by atoms with E-state index in [-0.39, 0.29) is 12.1 Å². The van der Waals surface area contributed by atoms with E-state index in [2.05, 4.69) is 6.07 Å². The number of likely N-dealkylation sites (N-methyl/N-ethyl adjacent to an activating group) is 1. The Bertz CT molecular complexity index is 568. The number of hydrogen-bond acceptors (Lipinski definition) is 2. The molecule has 1 fully saturated rings. The third kappa shape index (κ3) is 1.40. The summed E-state index contributed by atoms with van der Waals surface area (Å²) in [7, 11) is 1.80. The highest BCUT2D eigenvalue weighted by Gasteiger charge is 2.53. The highest BCUT2D eigenvalue weighted by molar-refractivity contribution is 6.09. The number of nitrogens with zero attached hydrogens (tertiary/aromatic N) is 2.